The Morgan fingerprint density at radius 2 is 1.70 bits per heavy atom. The van der Waals surface area contributed by atoms with E-state index < -0.39 is 33.0 Å². The second-order valence-corrected chi connectivity index (χ2v) is 9.95. The van der Waals surface area contributed by atoms with E-state index in [1.165, 1.54) is 31.5 Å². The third-order valence-electron chi connectivity index (χ3n) is 6.55. The molecular weight excluding hydrogens is 647 g/mol. The van der Waals surface area contributed by atoms with Gasteiger partial charge in [-0.2, -0.15) is 18.3 Å². The van der Waals surface area contributed by atoms with Crippen LogP contribution in [-0.2, 0) is 6.18 Å². The quantitative estimate of drug-likeness (QED) is 0.0708. The van der Waals surface area contributed by atoms with Crippen LogP contribution in [0.15, 0.2) is 100 Å². The van der Waals surface area contributed by atoms with E-state index in [1.807, 2.05) is 0 Å². The van der Waals surface area contributed by atoms with Crippen molar-refractivity contribution in [2.24, 2.45) is 15.2 Å². The normalized spacial score (nSPS) is 11.8. The summed E-state index contributed by atoms with van der Waals surface area (Å²) < 4.78 is 46.5. The number of nitro groups is 2. The van der Waals surface area contributed by atoms with Crippen LogP contribution >= 0.6 is 11.6 Å². The van der Waals surface area contributed by atoms with Crippen LogP contribution in [-0.4, -0.2) is 38.1 Å². The van der Waals surface area contributed by atoms with Gasteiger partial charge in [0.25, 0.3) is 5.69 Å². The molecule has 0 spiro atoms. The molecule has 4 aromatic carbocycles. The van der Waals surface area contributed by atoms with E-state index in [4.69, 9.17) is 16.3 Å². The van der Waals surface area contributed by atoms with Gasteiger partial charge in [-0.1, -0.05) is 41.9 Å². The van der Waals surface area contributed by atoms with E-state index in [1.54, 1.807) is 30.3 Å². The smallest absolute Gasteiger partial charge is 0.416 e. The fraction of sp³-hybridized carbons (Fsp3) is 0.0667. The Kier molecular flexibility index (Phi) is 8.96. The van der Waals surface area contributed by atoms with E-state index in [0.29, 0.717) is 17.2 Å². The first kappa shape index (κ1) is 32.2. The van der Waals surface area contributed by atoms with Gasteiger partial charge in [0.1, 0.15) is 17.1 Å². The molecule has 0 amide bonds. The van der Waals surface area contributed by atoms with Crippen molar-refractivity contribution in [3.8, 4) is 28.4 Å². The average molecular weight is 666 g/mol. The standard InChI is InChI=1S/C30H19ClF3N7O6/c1-47-26-13-17(7-12-25(26)42)16-35-29-28(37-36-22-14-19(30(32,33)34)8-10-21(22)31)27(18-5-3-2-4-6-18)38-39(29)23-11-9-20(40(43)44)15-24(23)41(45)46/h2-16,42H,1H3/b35-16-,37-36?. The number of aliphatic imine (C=N–C) groups is 1. The number of azo groups is 1. The Hall–Kier alpha value is -6.16. The monoisotopic (exact) mass is 665 g/mol. The highest BCUT2D eigenvalue weighted by atomic mass is 35.5. The number of methoxy groups -OCH3 is 1. The Morgan fingerprint density at radius 1 is 0.957 bits per heavy atom. The molecule has 0 aliphatic rings. The number of benzene rings is 4. The first-order valence-corrected chi connectivity index (χ1v) is 13.6. The number of phenolic OH excluding ortho intramolecular Hbond substituents is 1. The van der Waals surface area contributed by atoms with Crippen molar-refractivity contribution in [2.45, 2.75) is 6.18 Å². The zero-order chi connectivity index (χ0) is 33.9. The molecule has 0 saturated carbocycles. The Balaban J connectivity index is 1.81. The lowest BCUT2D eigenvalue weighted by molar-refractivity contribution is -0.394. The zero-order valence-corrected chi connectivity index (χ0v) is 24.5. The van der Waals surface area contributed by atoms with Crippen molar-refractivity contribution in [3.63, 3.8) is 0 Å². The molecule has 47 heavy (non-hydrogen) atoms. The fourth-order valence-corrected chi connectivity index (χ4v) is 4.45. The van der Waals surface area contributed by atoms with E-state index in [0.717, 1.165) is 35.0 Å². The molecule has 5 aromatic rings. The van der Waals surface area contributed by atoms with Crippen molar-refractivity contribution in [1.82, 2.24) is 9.78 Å². The number of hydrogen-bond donors (Lipinski definition) is 1. The minimum absolute atomic E-state index is 0.0561. The van der Waals surface area contributed by atoms with Crippen molar-refractivity contribution in [2.75, 3.05) is 7.11 Å². The first-order valence-electron chi connectivity index (χ1n) is 13.2. The summed E-state index contributed by atoms with van der Waals surface area (Å²) in [6.07, 6.45) is -3.41. The van der Waals surface area contributed by atoms with Crippen LogP contribution < -0.4 is 4.74 Å². The molecule has 5 rings (SSSR count). The number of rotatable bonds is 9. The van der Waals surface area contributed by atoms with Crippen LogP contribution in [0.25, 0.3) is 16.9 Å². The number of halogens is 4. The Labute approximate surface area is 267 Å². The maximum Gasteiger partial charge on any atom is 0.416 e. The maximum atomic E-state index is 13.5. The summed E-state index contributed by atoms with van der Waals surface area (Å²) in [6.45, 7) is 0. The van der Waals surface area contributed by atoms with Crippen LogP contribution in [0.5, 0.6) is 11.5 Å². The van der Waals surface area contributed by atoms with Gasteiger partial charge < -0.3 is 9.84 Å². The molecule has 0 aliphatic carbocycles. The molecule has 0 radical (unpaired) electrons. The number of nitrogens with zero attached hydrogens (tertiary/aromatic N) is 7. The van der Waals surface area contributed by atoms with Crippen LogP contribution in [0, 0.1) is 20.2 Å². The van der Waals surface area contributed by atoms with E-state index in [-0.39, 0.29) is 45.1 Å². The predicted octanol–water partition coefficient (Wildman–Crippen LogP) is 8.91. The van der Waals surface area contributed by atoms with Crippen LogP contribution in [0.4, 0.5) is 41.7 Å². The van der Waals surface area contributed by atoms with E-state index in [9.17, 15) is 38.5 Å². The van der Waals surface area contributed by atoms with Gasteiger partial charge in [-0.3, -0.25) is 20.2 Å². The maximum absolute atomic E-state index is 13.5. The Morgan fingerprint density at radius 3 is 2.36 bits per heavy atom. The van der Waals surface area contributed by atoms with Crippen molar-refractivity contribution >= 4 is 46.4 Å². The highest BCUT2D eigenvalue weighted by molar-refractivity contribution is 6.33. The first-order chi connectivity index (χ1) is 22.4. The average Bonchev–Trinajstić information content (AvgIpc) is 3.41. The number of ether oxygens (including phenoxy) is 1. The molecule has 0 atom stereocenters. The minimum Gasteiger partial charge on any atom is -0.504 e. The lowest BCUT2D eigenvalue weighted by Crippen LogP contribution is -2.03. The third kappa shape index (κ3) is 6.91. The summed E-state index contributed by atoms with van der Waals surface area (Å²) in [5.74, 6) is -0.243. The molecular formula is C30H19ClF3N7O6. The van der Waals surface area contributed by atoms with Gasteiger partial charge in [0.2, 0.25) is 0 Å². The molecule has 1 N–H and O–H groups in total. The molecule has 0 saturated heterocycles. The SMILES string of the molecule is COc1cc(/C=N\c2c(N=Nc3cc(C(F)(F)F)ccc3Cl)c(-c3ccccc3)nn2-c2ccc([N+](=O)[O-])cc2[N+](=O)[O-])ccc1O. The van der Waals surface area contributed by atoms with Gasteiger partial charge in [-0.15, -0.1) is 10.2 Å². The molecule has 17 heteroatoms. The molecule has 13 nitrogen and oxygen atoms in total. The van der Waals surface area contributed by atoms with Gasteiger partial charge in [0.05, 0.1) is 33.6 Å². The number of hydrogen-bond acceptors (Lipinski definition) is 10. The van der Waals surface area contributed by atoms with Crippen molar-refractivity contribution < 1.29 is 32.9 Å². The molecule has 0 unspecified atom stereocenters. The Bertz CT molecular complexity index is 2070. The minimum atomic E-state index is -4.70. The van der Waals surface area contributed by atoms with Crippen molar-refractivity contribution in [1.29, 1.82) is 0 Å². The fourth-order valence-electron chi connectivity index (χ4n) is 4.30. The lowest BCUT2D eigenvalue weighted by atomic mass is 10.1. The summed E-state index contributed by atoms with van der Waals surface area (Å²) >= 11 is 6.15. The summed E-state index contributed by atoms with van der Waals surface area (Å²) in [4.78, 5) is 26.3. The second-order valence-electron chi connectivity index (χ2n) is 9.54. The molecule has 0 fully saturated rings. The van der Waals surface area contributed by atoms with Crippen molar-refractivity contribution in [3.05, 3.63) is 121 Å². The van der Waals surface area contributed by atoms with Crippen LogP contribution in [0.3, 0.4) is 0 Å². The topological polar surface area (TPSA) is 171 Å². The van der Waals surface area contributed by atoms with E-state index >= 15 is 0 Å². The summed E-state index contributed by atoms with van der Waals surface area (Å²) in [6, 6.07) is 17.9. The zero-order valence-electron chi connectivity index (χ0n) is 23.8. The molecule has 1 heterocycles. The number of alkyl halides is 3. The number of aromatic nitrogens is 2. The van der Waals surface area contributed by atoms with Gasteiger partial charge in [-0.25, -0.2) is 9.67 Å². The second kappa shape index (κ2) is 13.1. The number of aromatic hydroxyl groups is 1. The van der Waals surface area contributed by atoms with E-state index in [2.05, 4.69) is 20.3 Å². The lowest BCUT2D eigenvalue weighted by Gasteiger charge is -2.07. The third-order valence-corrected chi connectivity index (χ3v) is 6.87. The van der Waals surface area contributed by atoms with Gasteiger partial charge in [0, 0.05) is 17.8 Å². The van der Waals surface area contributed by atoms with Gasteiger partial charge in [-0.05, 0) is 48.0 Å². The summed E-state index contributed by atoms with van der Waals surface area (Å²) in [5, 5.41) is 46.0. The summed E-state index contributed by atoms with van der Waals surface area (Å²) in [5.41, 5.74) is -2.15. The predicted molar refractivity (Wildman–Crippen MR) is 165 cm³/mol. The van der Waals surface area contributed by atoms with Gasteiger partial charge >= 0.3 is 11.9 Å². The highest BCUT2D eigenvalue weighted by Crippen LogP contribution is 2.44. The number of phenols is 1. The number of nitro benzene ring substituents is 2. The highest BCUT2D eigenvalue weighted by Gasteiger charge is 2.31. The largest absolute Gasteiger partial charge is 0.504 e. The molecule has 0 bridgehead atoms. The molecule has 238 valence electrons. The van der Waals surface area contributed by atoms with Gasteiger partial charge in [0.15, 0.2) is 23.0 Å². The van der Waals surface area contributed by atoms with Crippen LogP contribution in [0.1, 0.15) is 11.1 Å². The summed E-state index contributed by atoms with van der Waals surface area (Å²) in [7, 11) is 1.34. The van der Waals surface area contributed by atoms with Crippen LogP contribution in [0.2, 0.25) is 5.02 Å². The number of non-ortho nitro benzene ring substituents is 1. The molecule has 0 aliphatic heterocycles. The molecule has 1 aromatic heterocycles.